The summed E-state index contributed by atoms with van der Waals surface area (Å²) < 4.78 is 0. The molecule has 2 N–H and O–H groups in total. The van der Waals surface area contributed by atoms with Crippen molar-refractivity contribution in [3.8, 4) is 11.3 Å². The number of aromatic nitrogens is 2. The number of H-pyrrole nitrogens is 1. The van der Waals surface area contributed by atoms with Gasteiger partial charge in [-0.2, -0.15) is 0 Å². The maximum absolute atomic E-state index is 9.31. The van der Waals surface area contributed by atoms with Crippen molar-refractivity contribution in [1.82, 2.24) is 9.97 Å². The number of aliphatic hydroxyl groups excluding tert-OH is 1. The van der Waals surface area contributed by atoms with Crippen molar-refractivity contribution >= 4 is 0 Å². The van der Waals surface area contributed by atoms with E-state index in [9.17, 15) is 5.11 Å². The lowest BCUT2D eigenvalue weighted by molar-refractivity contribution is 0.282. The summed E-state index contributed by atoms with van der Waals surface area (Å²) in [6.07, 6.45) is 0.913. The molecule has 0 fully saturated rings. The molecule has 2 aromatic rings. The first-order valence-corrected chi connectivity index (χ1v) is 5.51. The van der Waals surface area contributed by atoms with Crippen molar-refractivity contribution in [2.75, 3.05) is 0 Å². The van der Waals surface area contributed by atoms with Gasteiger partial charge < -0.3 is 10.1 Å². The molecule has 3 nitrogen and oxygen atoms in total. The lowest BCUT2D eigenvalue weighted by Gasteiger charge is -2.05. The topological polar surface area (TPSA) is 48.9 Å². The van der Waals surface area contributed by atoms with E-state index in [4.69, 9.17) is 0 Å². The van der Waals surface area contributed by atoms with Gasteiger partial charge in [0.05, 0.1) is 12.3 Å². The van der Waals surface area contributed by atoms with E-state index in [0.717, 1.165) is 34.8 Å². The van der Waals surface area contributed by atoms with Gasteiger partial charge in [0.2, 0.25) is 0 Å². The Labute approximate surface area is 95.2 Å². The molecule has 0 atom stereocenters. The standard InChI is InChI=1S/C13H16N2O/c1-3-12-13(15-9(2)14-12)11-7-5-4-6-10(11)8-16/h4-7,16H,3,8H2,1-2H3,(H,14,15). The third kappa shape index (κ3) is 1.86. The smallest absolute Gasteiger partial charge is 0.103 e. The molecular formula is C13H16N2O. The minimum Gasteiger partial charge on any atom is -0.392 e. The van der Waals surface area contributed by atoms with Crippen LogP contribution in [0, 0.1) is 6.92 Å². The van der Waals surface area contributed by atoms with E-state index in [1.165, 1.54) is 0 Å². The lowest BCUT2D eigenvalue weighted by atomic mass is 10.0. The normalized spacial score (nSPS) is 10.7. The number of hydrogen-bond acceptors (Lipinski definition) is 2. The number of hydrogen-bond donors (Lipinski definition) is 2. The quantitative estimate of drug-likeness (QED) is 0.827. The fourth-order valence-electron chi connectivity index (χ4n) is 1.91. The molecule has 0 aliphatic rings. The highest BCUT2D eigenvalue weighted by Crippen LogP contribution is 2.25. The Bertz CT molecular complexity index is 488. The maximum atomic E-state index is 9.31. The summed E-state index contributed by atoms with van der Waals surface area (Å²) in [6.45, 7) is 4.09. The van der Waals surface area contributed by atoms with E-state index in [0.29, 0.717) is 0 Å². The molecule has 0 saturated heterocycles. The van der Waals surface area contributed by atoms with E-state index in [-0.39, 0.29) is 6.61 Å². The highest BCUT2D eigenvalue weighted by molar-refractivity contribution is 5.66. The van der Waals surface area contributed by atoms with Gasteiger partial charge in [0.15, 0.2) is 0 Å². The molecule has 0 amide bonds. The SMILES string of the molecule is CCc1[nH]c(C)nc1-c1ccccc1CO. The van der Waals surface area contributed by atoms with Gasteiger partial charge >= 0.3 is 0 Å². The van der Waals surface area contributed by atoms with Gasteiger partial charge in [0.1, 0.15) is 5.82 Å². The molecule has 0 saturated carbocycles. The largest absolute Gasteiger partial charge is 0.392 e. The number of nitrogens with zero attached hydrogens (tertiary/aromatic N) is 1. The number of nitrogens with one attached hydrogen (secondary N) is 1. The Morgan fingerprint density at radius 3 is 2.75 bits per heavy atom. The zero-order valence-corrected chi connectivity index (χ0v) is 9.62. The number of aliphatic hydroxyl groups is 1. The fraction of sp³-hybridized carbons (Fsp3) is 0.308. The van der Waals surface area contributed by atoms with Crippen molar-refractivity contribution in [3.05, 3.63) is 41.3 Å². The molecule has 1 heterocycles. The molecule has 3 heteroatoms. The van der Waals surface area contributed by atoms with E-state index >= 15 is 0 Å². The second-order valence-corrected chi connectivity index (χ2v) is 3.82. The van der Waals surface area contributed by atoms with Crippen LogP contribution in [0.1, 0.15) is 24.0 Å². The second kappa shape index (κ2) is 4.49. The van der Waals surface area contributed by atoms with E-state index in [2.05, 4.69) is 16.9 Å². The average molecular weight is 216 g/mol. The first-order valence-electron chi connectivity index (χ1n) is 5.51. The van der Waals surface area contributed by atoms with Crippen molar-refractivity contribution in [2.45, 2.75) is 26.9 Å². The molecule has 1 aromatic carbocycles. The first-order chi connectivity index (χ1) is 7.76. The van der Waals surface area contributed by atoms with Gasteiger partial charge in [-0.15, -0.1) is 0 Å². The Balaban J connectivity index is 2.57. The molecule has 0 spiro atoms. The summed E-state index contributed by atoms with van der Waals surface area (Å²) in [7, 11) is 0. The van der Waals surface area contributed by atoms with Crippen LogP contribution < -0.4 is 0 Å². The molecule has 1 aromatic heterocycles. The monoisotopic (exact) mass is 216 g/mol. The summed E-state index contributed by atoms with van der Waals surface area (Å²) >= 11 is 0. The van der Waals surface area contributed by atoms with Crippen LogP contribution in [0.4, 0.5) is 0 Å². The molecule has 84 valence electrons. The molecule has 0 radical (unpaired) electrons. The summed E-state index contributed by atoms with van der Waals surface area (Å²) in [5, 5.41) is 9.31. The molecule has 2 rings (SSSR count). The number of imidazole rings is 1. The van der Waals surface area contributed by atoms with Crippen molar-refractivity contribution in [1.29, 1.82) is 0 Å². The van der Waals surface area contributed by atoms with Crippen LogP contribution in [0.15, 0.2) is 24.3 Å². The summed E-state index contributed by atoms with van der Waals surface area (Å²) in [5.74, 6) is 0.916. The molecular weight excluding hydrogens is 200 g/mol. The van der Waals surface area contributed by atoms with Crippen LogP contribution in [0.5, 0.6) is 0 Å². The summed E-state index contributed by atoms with van der Waals surface area (Å²) in [5.41, 5.74) is 4.03. The second-order valence-electron chi connectivity index (χ2n) is 3.82. The van der Waals surface area contributed by atoms with E-state index < -0.39 is 0 Å². The predicted octanol–water partition coefficient (Wildman–Crippen LogP) is 2.44. The van der Waals surface area contributed by atoms with Crippen molar-refractivity contribution in [2.24, 2.45) is 0 Å². The van der Waals surface area contributed by atoms with Crippen LogP contribution in [-0.2, 0) is 13.0 Å². The number of benzene rings is 1. The lowest BCUT2D eigenvalue weighted by Crippen LogP contribution is -1.92. The Morgan fingerprint density at radius 2 is 2.06 bits per heavy atom. The van der Waals surface area contributed by atoms with Crippen LogP contribution in [0.2, 0.25) is 0 Å². The van der Waals surface area contributed by atoms with Crippen LogP contribution in [0.25, 0.3) is 11.3 Å². The first kappa shape index (κ1) is 10.9. The van der Waals surface area contributed by atoms with Gasteiger partial charge in [-0.25, -0.2) is 4.98 Å². The minimum absolute atomic E-state index is 0.0469. The van der Waals surface area contributed by atoms with E-state index in [1.54, 1.807) is 0 Å². The third-order valence-electron chi connectivity index (χ3n) is 2.69. The molecule has 0 unspecified atom stereocenters. The highest BCUT2D eigenvalue weighted by atomic mass is 16.3. The van der Waals surface area contributed by atoms with Crippen molar-refractivity contribution < 1.29 is 5.11 Å². The Morgan fingerprint density at radius 1 is 1.31 bits per heavy atom. The van der Waals surface area contributed by atoms with Crippen molar-refractivity contribution in [3.63, 3.8) is 0 Å². The third-order valence-corrected chi connectivity index (χ3v) is 2.69. The molecule has 0 aliphatic heterocycles. The van der Waals surface area contributed by atoms with Gasteiger partial charge in [-0.05, 0) is 18.9 Å². The Kier molecular flexibility index (Phi) is 3.06. The number of aromatic amines is 1. The molecule has 16 heavy (non-hydrogen) atoms. The fourth-order valence-corrected chi connectivity index (χ4v) is 1.91. The zero-order valence-electron chi connectivity index (χ0n) is 9.62. The summed E-state index contributed by atoms with van der Waals surface area (Å²) in [6, 6.07) is 7.83. The maximum Gasteiger partial charge on any atom is 0.103 e. The van der Waals surface area contributed by atoms with E-state index in [1.807, 2.05) is 31.2 Å². The van der Waals surface area contributed by atoms with Gasteiger partial charge in [0.25, 0.3) is 0 Å². The minimum atomic E-state index is 0.0469. The molecule has 0 aliphatic carbocycles. The number of aryl methyl sites for hydroxylation is 2. The predicted molar refractivity (Wildman–Crippen MR) is 64.1 cm³/mol. The Hall–Kier alpha value is -1.61. The van der Waals surface area contributed by atoms with Gasteiger partial charge in [0, 0.05) is 11.3 Å². The van der Waals surface area contributed by atoms with Crippen LogP contribution in [0.3, 0.4) is 0 Å². The van der Waals surface area contributed by atoms with Crippen LogP contribution >= 0.6 is 0 Å². The van der Waals surface area contributed by atoms with Crippen LogP contribution in [-0.4, -0.2) is 15.1 Å². The zero-order chi connectivity index (χ0) is 11.5. The average Bonchev–Trinajstić information content (AvgIpc) is 2.70. The number of rotatable bonds is 3. The summed E-state index contributed by atoms with van der Waals surface area (Å²) in [4.78, 5) is 7.75. The van der Waals surface area contributed by atoms with Gasteiger partial charge in [-0.1, -0.05) is 31.2 Å². The van der Waals surface area contributed by atoms with Gasteiger partial charge in [-0.3, -0.25) is 0 Å². The highest BCUT2D eigenvalue weighted by Gasteiger charge is 2.11. The molecule has 0 bridgehead atoms.